The number of piperidine rings is 1. The highest BCUT2D eigenvalue weighted by atomic mass is 16.4. The molecule has 1 saturated heterocycles. The molecule has 1 fully saturated rings. The Morgan fingerprint density at radius 3 is 2.69 bits per heavy atom. The van der Waals surface area contributed by atoms with Crippen LogP contribution in [0, 0.1) is 6.92 Å². The topological polar surface area (TPSA) is 53.4 Å². The second-order valence-electron chi connectivity index (χ2n) is 7.85. The number of aromatic carboxylic acids is 1. The molecule has 1 aliphatic heterocycles. The Labute approximate surface area is 171 Å². The summed E-state index contributed by atoms with van der Waals surface area (Å²) in [4.78, 5) is 18.3. The summed E-state index contributed by atoms with van der Waals surface area (Å²) in [5, 5.41) is 9.42. The van der Waals surface area contributed by atoms with Gasteiger partial charge in [0.25, 0.3) is 0 Å². The van der Waals surface area contributed by atoms with Crippen molar-refractivity contribution in [1.29, 1.82) is 0 Å². The quantitative estimate of drug-likeness (QED) is 0.660. The van der Waals surface area contributed by atoms with Gasteiger partial charge in [0.15, 0.2) is 0 Å². The molecule has 2 aromatic carbocycles. The summed E-state index contributed by atoms with van der Waals surface area (Å²) < 4.78 is 0. The molecule has 0 spiro atoms. The predicted molar refractivity (Wildman–Crippen MR) is 115 cm³/mol. The summed E-state index contributed by atoms with van der Waals surface area (Å²) in [6.45, 7) is 5.15. The predicted octanol–water partition coefficient (Wildman–Crippen LogP) is 5.13. The Hall–Kier alpha value is -2.98. The van der Waals surface area contributed by atoms with E-state index in [1.807, 2.05) is 37.4 Å². The van der Waals surface area contributed by atoms with Crippen LogP contribution in [-0.2, 0) is 6.54 Å². The van der Waals surface area contributed by atoms with E-state index in [1.54, 1.807) is 12.1 Å². The molecule has 148 valence electrons. The van der Waals surface area contributed by atoms with Gasteiger partial charge in [0.05, 0.1) is 5.56 Å². The molecule has 0 aliphatic carbocycles. The average molecular weight is 386 g/mol. The van der Waals surface area contributed by atoms with E-state index in [1.165, 1.54) is 24.0 Å². The van der Waals surface area contributed by atoms with Gasteiger partial charge in [-0.1, -0.05) is 42.5 Å². The molecular formula is C25H26N2O2. The van der Waals surface area contributed by atoms with Crippen molar-refractivity contribution in [3.63, 3.8) is 0 Å². The molecule has 3 aromatic rings. The highest BCUT2D eigenvalue weighted by Crippen LogP contribution is 2.29. The summed E-state index contributed by atoms with van der Waals surface area (Å²) >= 11 is 0. The number of carbonyl (C=O) groups is 1. The van der Waals surface area contributed by atoms with E-state index < -0.39 is 5.97 Å². The number of carboxylic acids is 1. The van der Waals surface area contributed by atoms with Crippen molar-refractivity contribution in [2.75, 3.05) is 13.1 Å². The van der Waals surface area contributed by atoms with Crippen LogP contribution in [0.3, 0.4) is 0 Å². The number of hydrogen-bond acceptors (Lipinski definition) is 3. The smallest absolute Gasteiger partial charge is 0.336 e. The first-order chi connectivity index (χ1) is 14.1. The maximum atomic E-state index is 11.5. The maximum absolute atomic E-state index is 11.5. The number of carboxylic acid groups (broad SMARTS) is 1. The van der Waals surface area contributed by atoms with Crippen LogP contribution in [0.5, 0.6) is 0 Å². The normalized spacial score (nSPS) is 17.2. The monoisotopic (exact) mass is 386 g/mol. The number of aromatic nitrogens is 1. The van der Waals surface area contributed by atoms with Gasteiger partial charge in [0, 0.05) is 25.0 Å². The molecule has 1 unspecified atom stereocenters. The van der Waals surface area contributed by atoms with Crippen LogP contribution in [0.2, 0.25) is 0 Å². The van der Waals surface area contributed by atoms with Crippen LogP contribution < -0.4 is 0 Å². The minimum absolute atomic E-state index is 0.340. The van der Waals surface area contributed by atoms with Crippen LogP contribution in [0.1, 0.15) is 45.9 Å². The number of aryl methyl sites for hydroxylation is 1. The first kappa shape index (κ1) is 19.3. The molecule has 0 radical (unpaired) electrons. The molecule has 1 N–H and O–H groups in total. The van der Waals surface area contributed by atoms with Gasteiger partial charge in [-0.3, -0.25) is 9.88 Å². The van der Waals surface area contributed by atoms with E-state index in [0.29, 0.717) is 11.5 Å². The number of pyridine rings is 1. The first-order valence-corrected chi connectivity index (χ1v) is 10.2. The van der Waals surface area contributed by atoms with E-state index in [9.17, 15) is 9.90 Å². The van der Waals surface area contributed by atoms with Gasteiger partial charge in [-0.15, -0.1) is 0 Å². The van der Waals surface area contributed by atoms with Crippen molar-refractivity contribution in [1.82, 2.24) is 9.88 Å². The lowest BCUT2D eigenvalue weighted by atomic mass is 9.90. The van der Waals surface area contributed by atoms with Crippen molar-refractivity contribution in [3.8, 4) is 11.1 Å². The Morgan fingerprint density at radius 2 is 1.93 bits per heavy atom. The lowest BCUT2D eigenvalue weighted by Gasteiger charge is -2.33. The SMILES string of the molecule is Cc1cc(C2CCCN(Cc3ccc(-c4ccccc4C(=O)O)cc3)C2)ccn1. The third-order valence-corrected chi connectivity index (χ3v) is 5.73. The van der Waals surface area contributed by atoms with Crippen molar-refractivity contribution < 1.29 is 9.90 Å². The summed E-state index contributed by atoms with van der Waals surface area (Å²) in [7, 11) is 0. The van der Waals surface area contributed by atoms with Gasteiger partial charge in [-0.25, -0.2) is 4.79 Å². The minimum atomic E-state index is -0.893. The Kier molecular flexibility index (Phi) is 5.72. The third-order valence-electron chi connectivity index (χ3n) is 5.73. The van der Waals surface area contributed by atoms with Crippen molar-refractivity contribution in [3.05, 3.63) is 89.2 Å². The van der Waals surface area contributed by atoms with Crippen LogP contribution in [0.25, 0.3) is 11.1 Å². The van der Waals surface area contributed by atoms with E-state index in [4.69, 9.17) is 0 Å². The number of likely N-dealkylation sites (tertiary alicyclic amines) is 1. The zero-order valence-electron chi connectivity index (χ0n) is 16.7. The summed E-state index contributed by atoms with van der Waals surface area (Å²) in [5.74, 6) is -0.331. The fourth-order valence-electron chi connectivity index (χ4n) is 4.26. The molecule has 1 aromatic heterocycles. The van der Waals surface area contributed by atoms with Gasteiger partial charge < -0.3 is 5.11 Å². The van der Waals surface area contributed by atoms with Crippen molar-refractivity contribution in [2.45, 2.75) is 32.2 Å². The molecule has 2 heterocycles. The Morgan fingerprint density at radius 1 is 1.14 bits per heavy atom. The van der Waals surface area contributed by atoms with Crippen molar-refractivity contribution in [2.24, 2.45) is 0 Å². The van der Waals surface area contributed by atoms with Gasteiger partial charge >= 0.3 is 5.97 Å². The highest BCUT2D eigenvalue weighted by molar-refractivity contribution is 5.95. The molecule has 4 heteroatoms. The van der Waals surface area contributed by atoms with Gasteiger partial charge in [0.1, 0.15) is 0 Å². The summed E-state index contributed by atoms with van der Waals surface area (Å²) in [6.07, 6.45) is 4.35. The van der Waals surface area contributed by atoms with E-state index >= 15 is 0 Å². The minimum Gasteiger partial charge on any atom is -0.478 e. The Balaban J connectivity index is 1.46. The molecule has 1 atom stereocenters. The lowest BCUT2D eigenvalue weighted by molar-refractivity contribution is 0.0697. The molecule has 4 nitrogen and oxygen atoms in total. The van der Waals surface area contributed by atoms with E-state index in [-0.39, 0.29) is 0 Å². The van der Waals surface area contributed by atoms with Crippen LogP contribution in [0.15, 0.2) is 66.9 Å². The van der Waals surface area contributed by atoms with Crippen molar-refractivity contribution >= 4 is 5.97 Å². The van der Waals surface area contributed by atoms with Gasteiger partial charge in [-0.05, 0) is 72.7 Å². The zero-order chi connectivity index (χ0) is 20.2. The largest absolute Gasteiger partial charge is 0.478 e. The second kappa shape index (κ2) is 8.58. The fourth-order valence-corrected chi connectivity index (χ4v) is 4.26. The molecule has 0 amide bonds. The fraction of sp³-hybridized carbons (Fsp3) is 0.280. The number of nitrogens with zero attached hydrogens (tertiary/aromatic N) is 2. The van der Waals surface area contributed by atoms with E-state index in [2.05, 4.69) is 34.1 Å². The van der Waals surface area contributed by atoms with Crippen LogP contribution in [-0.4, -0.2) is 34.0 Å². The summed E-state index contributed by atoms with van der Waals surface area (Å²) in [6, 6.07) is 19.8. The van der Waals surface area contributed by atoms with Gasteiger partial charge in [-0.2, -0.15) is 0 Å². The molecule has 0 saturated carbocycles. The molecule has 29 heavy (non-hydrogen) atoms. The third kappa shape index (κ3) is 4.54. The van der Waals surface area contributed by atoms with E-state index in [0.717, 1.165) is 36.5 Å². The number of rotatable bonds is 5. The number of hydrogen-bond donors (Lipinski definition) is 1. The van der Waals surface area contributed by atoms with Crippen LogP contribution >= 0.6 is 0 Å². The highest BCUT2D eigenvalue weighted by Gasteiger charge is 2.21. The van der Waals surface area contributed by atoms with Gasteiger partial charge in [0.2, 0.25) is 0 Å². The Bertz CT molecular complexity index is 998. The second-order valence-corrected chi connectivity index (χ2v) is 7.85. The first-order valence-electron chi connectivity index (χ1n) is 10.2. The molecule has 0 bridgehead atoms. The molecular weight excluding hydrogens is 360 g/mol. The number of benzene rings is 2. The average Bonchev–Trinajstić information content (AvgIpc) is 2.74. The maximum Gasteiger partial charge on any atom is 0.336 e. The molecule has 1 aliphatic rings. The summed E-state index contributed by atoms with van der Waals surface area (Å²) in [5.41, 5.74) is 5.77. The lowest BCUT2D eigenvalue weighted by Crippen LogP contribution is -2.33. The zero-order valence-corrected chi connectivity index (χ0v) is 16.7. The van der Waals surface area contributed by atoms with Crippen LogP contribution in [0.4, 0.5) is 0 Å². The standard InChI is InChI=1S/C25H26N2O2/c1-18-15-21(12-13-26-18)22-5-4-14-27(17-22)16-19-8-10-20(11-9-19)23-6-2-3-7-24(23)25(28)29/h2-3,6-13,15,22H,4-5,14,16-17H2,1H3,(H,28,29). The molecule has 4 rings (SSSR count).